The smallest absolute Gasteiger partial charge is 0.276 e. The highest BCUT2D eigenvalue weighted by Crippen LogP contribution is 2.29. The third-order valence-corrected chi connectivity index (χ3v) is 3.00. The Balaban J connectivity index is 2.23. The van der Waals surface area contributed by atoms with E-state index in [9.17, 15) is 4.79 Å². The van der Waals surface area contributed by atoms with Crippen LogP contribution in [0.15, 0.2) is 35.3 Å². The Morgan fingerprint density at radius 2 is 2.20 bits per heavy atom. The standard InChI is InChI=1S/C14H10N4O2/c1-20-11-6-8(7-15)2-3-9(11)13-17-10-4-5-16-14(19)12(10)18-13/h2-6H,1H3,(H,16,19)(H,17,18). The maximum absolute atomic E-state index is 11.7. The van der Waals surface area contributed by atoms with Crippen LogP contribution in [0.2, 0.25) is 0 Å². The molecule has 0 aliphatic carbocycles. The van der Waals surface area contributed by atoms with Gasteiger partial charge in [0.1, 0.15) is 11.6 Å². The predicted octanol–water partition coefficient (Wildman–Crippen LogP) is 1.80. The first-order valence-electron chi connectivity index (χ1n) is 5.89. The van der Waals surface area contributed by atoms with Crippen LogP contribution in [0.3, 0.4) is 0 Å². The largest absolute Gasteiger partial charge is 0.496 e. The lowest BCUT2D eigenvalue weighted by molar-refractivity contribution is 0.416. The summed E-state index contributed by atoms with van der Waals surface area (Å²) in [5.41, 5.74) is 1.93. The van der Waals surface area contributed by atoms with E-state index < -0.39 is 0 Å². The number of imidazole rings is 1. The summed E-state index contributed by atoms with van der Waals surface area (Å²) in [4.78, 5) is 21.6. The minimum atomic E-state index is -0.252. The van der Waals surface area contributed by atoms with Gasteiger partial charge in [-0.25, -0.2) is 4.98 Å². The minimum Gasteiger partial charge on any atom is -0.496 e. The molecule has 6 heteroatoms. The van der Waals surface area contributed by atoms with Crippen molar-refractivity contribution in [1.82, 2.24) is 15.0 Å². The number of H-pyrrole nitrogens is 2. The molecule has 2 N–H and O–H groups in total. The van der Waals surface area contributed by atoms with Gasteiger partial charge < -0.3 is 14.7 Å². The molecule has 0 unspecified atom stereocenters. The fourth-order valence-electron chi connectivity index (χ4n) is 2.03. The number of hydrogen-bond donors (Lipinski definition) is 2. The highest BCUT2D eigenvalue weighted by atomic mass is 16.5. The molecule has 0 amide bonds. The van der Waals surface area contributed by atoms with E-state index in [2.05, 4.69) is 21.0 Å². The summed E-state index contributed by atoms with van der Waals surface area (Å²) < 4.78 is 5.27. The second kappa shape index (κ2) is 4.55. The summed E-state index contributed by atoms with van der Waals surface area (Å²) in [6.07, 6.45) is 1.56. The number of aromatic nitrogens is 3. The molecule has 0 spiro atoms. The van der Waals surface area contributed by atoms with E-state index >= 15 is 0 Å². The maximum atomic E-state index is 11.7. The molecule has 0 aliphatic heterocycles. The lowest BCUT2D eigenvalue weighted by Crippen LogP contribution is -2.03. The highest BCUT2D eigenvalue weighted by molar-refractivity contribution is 5.79. The molecule has 98 valence electrons. The van der Waals surface area contributed by atoms with E-state index in [-0.39, 0.29) is 5.56 Å². The lowest BCUT2D eigenvalue weighted by atomic mass is 10.1. The normalized spacial score (nSPS) is 10.4. The van der Waals surface area contributed by atoms with Crippen molar-refractivity contribution in [1.29, 1.82) is 5.26 Å². The van der Waals surface area contributed by atoms with Crippen LogP contribution in [-0.2, 0) is 0 Å². The van der Waals surface area contributed by atoms with E-state index in [1.165, 1.54) is 7.11 Å². The van der Waals surface area contributed by atoms with Gasteiger partial charge in [0, 0.05) is 6.20 Å². The van der Waals surface area contributed by atoms with Crippen LogP contribution in [-0.4, -0.2) is 22.1 Å². The maximum Gasteiger partial charge on any atom is 0.276 e. The van der Waals surface area contributed by atoms with Crippen LogP contribution < -0.4 is 10.3 Å². The number of nitrogens with zero attached hydrogens (tertiary/aromatic N) is 2. The van der Waals surface area contributed by atoms with Gasteiger partial charge in [-0.2, -0.15) is 5.26 Å². The molecule has 3 rings (SSSR count). The van der Waals surface area contributed by atoms with Crippen molar-refractivity contribution in [3.05, 3.63) is 46.4 Å². The number of ether oxygens (including phenoxy) is 1. The first kappa shape index (κ1) is 12.0. The van der Waals surface area contributed by atoms with Gasteiger partial charge >= 0.3 is 0 Å². The number of rotatable bonds is 2. The molecule has 2 aromatic heterocycles. The molecule has 0 fully saturated rings. The molecule has 3 aromatic rings. The second-order valence-corrected chi connectivity index (χ2v) is 4.18. The number of nitriles is 1. The van der Waals surface area contributed by atoms with Crippen LogP contribution in [0.5, 0.6) is 5.75 Å². The fourth-order valence-corrected chi connectivity index (χ4v) is 2.03. The molecule has 0 atom stereocenters. The van der Waals surface area contributed by atoms with Crippen LogP contribution in [0.4, 0.5) is 0 Å². The Bertz CT molecular complexity index is 886. The van der Waals surface area contributed by atoms with Crippen LogP contribution in [0.1, 0.15) is 5.56 Å². The molecule has 20 heavy (non-hydrogen) atoms. The Morgan fingerprint density at radius 3 is 2.90 bits per heavy atom. The van der Waals surface area contributed by atoms with Crippen molar-refractivity contribution in [3.8, 4) is 23.2 Å². The third kappa shape index (κ3) is 1.82. The zero-order valence-corrected chi connectivity index (χ0v) is 10.6. The highest BCUT2D eigenvalue weighted by Gasteiger charge is 2.12. The van der Waals surface area contributed by atoms with Crippen molar-refractivity contribution >= 4 is 11.0 Å². The minimum absolute atomic E-state index is 0.252. The number of pyridine rings is 1. The molecular formula is C14H10N4O2. The van der Waals surface area contributed by atoms with Gasteiger partial charge in [-0.1, -0.05) is 0 Å². The molecule has 0 radical (unpaired) electrons. The zero-order valence-electron chi connectivity index (χ0n) is 10.6. The third-order valence-electron chi connectivity index (χ3n) is 3.00. The molecule has 6 nitrogen and oxygen atoms in total. The average molecular weight is 266 g/mol. The van der Waals surface area contributed by atoms with E-state index in [0.717, 1.165) is 0 Å². The second-order valence-electron chi connectivity index (χ2n) is 4.18. The quantitative estimate of drug-likeness (QED) is 0.739. The van der Waals surface area contributed by atoms with Crippen molar-refractivity contribution in [3.63, 3.8) is 0 Å². The number of benzene rings is 1. The van der Waals surface area contributed by atoms with E-state index in [4.69, 9.17) is 10.00 Å². The number of methoxy groups -OCH3 is 1. The van der Waals surface area contributed by atoms with Gasteiger partial charge in [0.2, 0.25) is 0 Å². The fraction of sp³-hybridized carbons (Fsp3) is 0.0714. The van der Waals surface area contributed by atoms with E-state index in [1.807, 2.05) is 0 Å². The monoisotopic (exact) mass is 266 g/mol. The molecule has 0 aliphatic rings. The Morgan fingerprint density at radius 1 is 1.35 bits per heavy atom. The number of hydrogen-bond acceptors (Lipinski definition) is 4. The van der Waals surface area contributed by atoms with Gasteiger partial charge in [0.25, 0.3) is 5.56 Å². The van der Waals surface area contributed by atoms with Crippen molar-refractivity contribution in [2.75, 3.05) is 7.11 Å². The van der Waals surface area contributed by atoms with E-state index in [1.54, 1.807) is 30.5 Å². The number of aromatic amines is 2. The van der Waals surface area contributed by atoms with Gasteiger partial charge in [-0.3, -0.25) is 4.79 Å². The Hall–Kier alpha value is -3.07. The van der Waals surface area contributed by atoms with Gasteiger partial charge in [-0.05, 0) is 24.3 Å². The molecular weight excluding hydrogens is 256 g/mol. The van der Waals surface area contributed by atoms with Crippen LogP contribution >= 0.6 is 0 Å². The molecule has 0 bridgehead atoms. The van der Waals surface area contributed by atoms with Crippen LogP contribution in [0.25, 0.3) is 22.4 Å². The zero-order chi connectivity index (χ0) is 14.1. The molecule has 0 saturated heterocycles. The van der Waals surface area contributed by atoms with Crippen LogP contribution in [0, 0.1) is 11.3 Å². The Labute approximate surface area is 113 Å². The average Bonchev–Trinajstić information content (AvgIpc) is 2.92. The number of fused-ring (bicyclic) bond motifs is 1. The predicted molar refractivity (Wildman–Crippen MR) is 73.4 cm³/mol. The first-order valence-corrected chi connectivity index (χ1v) is 5.89. The van der Waals surface area contributed by atoms with Gasteiger partial charge in [0.15, 0.2) is 5.52 Å². The van der Waals surface area contributed by atoms with Gasteiger partial charge in [-0.15, -0.1) is 0 Å². The molecule has 0 saturated carbocycles. The Kier molecular flexibility index (Phi) is 2.73. The van der Waals surface area contributed by atoms with Crippen molar-refractivity contribution < 1.29 is 4.74 Å². The number of nitrogens with one attached hydrogen (secondary N) is 2. The first-order chi connectivity index (χ1) is 9.72. The summed E-state index contributed by atoms with van der Waals surface area (Å²) in [6, 6.07) is 8.84. The van der Waals surface area contributed by atoms with E-state index in [0.29, 0.717) is 33.7 Å². The molecule has 2 heterocycles. The summed E-state index contributed by atoms with van der Waals surface area (Å²) in [6.45, 7) is 0. The lowest BCUT2D eigenvalue weighted by Gasteiger charge is -2.05. The van der Waals surface area contributed by atoms with Gasteiger partial charge in [0.05, 0.1) is 29.8 Å². The SMILES string of the molecule is COc1cc(C#N)ccc1-c1nc2c(=O)[nH]ccc2[nH]1. The molecule has 1 aromatic carbocycles. The summed E-state index contributed by atoms with van der Waals surface area (Å²) >= 11 is 0. The van der Waals surface area contributed by atoms with Crippen molar-refractivity contribution in [2.24, 2.45) is 0 Å². The summed E-state index contributed by atoms with van der Waals surface area (Å²) in [5.74, 6) is 1.05. The summed E-state index contributed by atoms with van der Waals surface area (Å²) in [7, 11) is 1.52. The van der Waals surface area contributed by atoms with Crippen molar-refractivity contribution in [2.45, 2.75) is 0 Å². The topological polar surface area (TPSA) is 94.6 Å². The summed E-state index contributed by atoms with van der Waals surface area (Å²) in [5, 5.41) is 8.90.